The summed E-state index contributed by atoms with van der Waals surface area (Å²) in [6.45, 7) is 4.64. The Balaban J connectivity index is 1.18. The zero-order valence-corrected chi connectivity index (χ0v) is 21.9. The van der Waals surface area contributed by atoms with Crippen LogP contribution in [0.2, 0.25) is 0 Å². The van der Waals surface area contributed by atoms with Gasteiger partial charge in [0.1, 0.15) is 5.82 Å². The van der Waals surface area contributed by atoms with Gasteiger partial charge in [-0.3, -0.25) is 0 Å². The zero-order valence-electron chi connectivity index (χ0n) is 21.9. The summed E-state index contributed by atoms with van der Waals surface area (Å²) in [6.07, 6.45) is 31.5. The van der Waals surface area contributed by atoms with Crippen LogP contribution in [-0.2, 0) is 0 Å². The highest BCUT2D eigenvalue weighted by Gasteiger charge is 2.31. The Morgan fingerprint density at radius 3 is 1.64 bits per heavy atom. The summed E-state index contributed by atoms with van der Waals surface area (Å²) in [5.74, 6) is 6.51. The smallest absolute Gasteiger partial charge is 0.131 e. The van der Waals surface area contributed by atoms with Crippen LogP contribution < -0.4 is 0 Å². The van der Waals surface area contributed by atoms with Gasteiger partial charge in [0.2, 0.25) is 0 Å². The molecule has 3 fully saturated rings. The van der Waals surface area contributed by atoms with Crippen molar-refractivity contribution < 1.29 is 0 Å². The fourth-order valence-electron chi connectivity index (χ4n) is 7.53. The molecular formula is C31H52N2. The van der Waals surface area contributed by atoms with Crippen molar-refractivity contribution in [1.82, 2.24) is 9.97 Å². The van der Waals surface area contributed by atoms with E-state index in [9.17, 15) is 0 Å². The van der Waals surface area contributed by atoms with Gasteiger partial charge in [0.25, 0.3) is 0 Å². The first-order valence-corrected chi connectivity index (χ1v) is 15.1. The fraction of sp³-hybridized carbons (Fsp3) is 0.871. The molecule has 186 valence electrons. The van der Waals surface area contributed by atoms with E-state index < -0.39 is 0 Å². The van der Waals surface area contributed by atoms with Gasteiger partial charge in [0.05, 0.1) is 0 Å². The van der Waals surface area contributed by atoms with Gasteiger partial charge in [-0.15, -0.1) is 0 Å². The minimum Gasteiger partial charge on any atom is -0.241 e. The van der Waals surface area contributed by atoms with E-state index in [2.05, 4.69) is 26.2 Å². The molecule has 0 bridgehead atoms. The molecular weight excluding hydrogens is 400 g/mol. The Morgan fingerprint density at radius 2 is 1.06 bits per heavy atom. The molecule has 0 aromatic carbocycles. The zero-order chi connectivity index (χ0) is 22.9. The van der Waals surface area contributed by atoms with E-state index in [1.165, 1.54) is 128 Å². The molecule has 0 aliphatic heterocycles. The topological polar surface area (TPSA) is 25.8 Å². The summed E-state index contributed by atoms with van der Waals surface area (Å²) in [5.41, 5.74) is 1.42. The number of rotatable bonds is 10. The third kappa shape index (κ3) is 7.28. The van der Waals surface area contributed by atoms with Crippen LogP contribution in [0.15, 0.2) is 12.4 Å². The largest absolute Gasteiger partial charge is 0.241 e. The van der Waals surface area contributed by atoms with Gasteiger partial charge in [0, 0.05) is 18.3 Å². The minimum atomic E-state index is 0.616. The first kappa shape index (κ1) is 25.2. The van der Waals surface area contributed by atoms with Crippen LogP contribution in [0.3, 0.4) is 0 Å². The lowest BCUT2D eigenvalue weighted by Crippen LogP contribution is -2.25. The highest BCUT2D eigenvalue weighted by Crippen LogP contribution is 2.44. The molecule has 0 unspecified atom stereocenters. The number of aromatic nitrogens is 2. The lowest BCUT2D eigenvalue weighted by Gasteiger charge is -2.38. The van der Waals surface area contributed by atoms with E-state index in [0.29, 0.717) is 11.8 Å². The Bertz CT molecular complexity index is 644. The van der Waals surface area contributed by atoms with Crippen LogP contribution in [0, 0.1) is 23.7 Å². The first-order chi connectivity index (χ1) is 16.3. The van der Waals surface area contributed by atoms with Gasteiger partial charge in [-0.05, 0) is 99.4 Å². The van der Waals surface area contributed by atoms with Crippen LogP contribution in [0.4, 0.5) is 0 Å². The van der Waals surface area contributed by atoms with Crippen molar-refractivity contribution in [3.63, 3.8) is 0 Å². The lowest BCUT2D eigenvalue weighted by atomic mass is 9.68. The highest BCUT2D eigenvalue weighted by molar-refractivity contribution is 5.14. The number of unbranched alkanes of at least 4 members (excludes halogenated alkanes) is 3. The van der Waals surface area contributed by atoms with E-state index in [1.807, 2.05) is 0 Å². The summed E-state index contributed by atoms with van der Waals surface area (Å²) in [7, 11) is 0. The van der Waals surface area contributed by atoms with Gasteiger partial charge in [-0.2, -0.15) is 0 Å². The first-order valence-electron chi connectivity index (χ1n) is 15.1. The summed E-state index contributed by atoms with van der Waals surface area (Å²) < 4.78 is 0. The predicted octanol–water partition coefficient (Wildman–Crippen LogP) is 9.60. The molecule has 2 nitrogen and oxygen atoms in total. The summed E-state index contributed by atoms with van der Waals surface area (Å²) >= 11 is 0. The maximum atomic E-state index is 4.90. The van der Waals surface area contributed by atoms with E-state index >= 15 is 0 Å². The van der Waals surface area contributed by atoms with Gasteiger partial charge >= 0.3 is 0 Å². The summed E-state index contributed by atoms with van der Waals surface area (Å²) in [6, 6.07) is 0. The Hall–Kier alpha value is -0.920. The molecule has 2 heteroatoms. The van der Waals surface area contributed by atoms with E-state index in [4.69, 9.17) is 9.97 Å². The Labute approximate surface area is 205 Å². The lowest BCUT2D eigenvalue weighted by molar-refractivity contribution is 0.155. The number of nitrogens with zero attached hydrogens (tertiary/aromatic N) is 2. The van der Waals surface area contributed by atoms with Crippen molar-refractivity contribution in [3.05, 3.63) is 23.8 Å². The molecule has 0 spiro atoms. The molecule has 0 radical (unpaired) electrons. The molecule has 4 rings (SSSR count). The predicted molar refractivity (Wildman–Crippen MR) is 141 cm³/mol. The second kappa shape index (κ2) is 13.2. The summed E-state index contributed by atoms with van der Waals surface area (Å²) in [4.78, 5) is 9.80. The highest BCUT2D eigenvalue weighted by atomic mass is 14.9. The Kier molecular flexibility index (Phi) is 10.1. The van der Waals surface area contributed by atoms with Crippen LogP contribution in [0.5, 0.6) is 0 Å². The average molecular weight is 453 g/mol. The number of hydrogen-bond donors (Lipinski definition) is 0. The molecule has 0 atom stereocenters. The second-order valence-electron chi connectivity index (χ2n) is 12.1. The summed E-state index contributed by atoms with van der Waals surface area (Å²) in [5, 5.41) is 0. The minimum absolute atomic E-state index is 0.616. The molecule has 3 aliphatic carbocycles. The number of hydrogen-bond acceptors (Lipinski definition) is 2. The van der Waals surface area contributed by atoms with Crippen LogP contribution >= 0.6 is 0 Å². The van der Waals surface area contributed by atoms with Crippen LogP contribution in [-0.4, -0.2) is 9.97 Å². The maximum absolute atomic E-state index is 4.90. The monoisotopic (exact) mass is 452 g/mol. The van der Waals surface area contributed by atoms with Crippen molar-refractivity contribution in [1.29, 1.82) is 0 Å². The maximum Gasteiger partial charge on any atom is 0.131 e. The Morgan fingerprint density at radius 1 is 0.576 bits per heavy atom. The van der Waals surface area contributed by atoms with Crippen LogP contribution in [0.25, 0.3) is 0 Å². The van der Waals surface area contributed by atoms with Crippen molar-refractivity contribution in [2.24, 2.45) is 23.7 Å². The fourth-order valence-corrected chi connectivity index (χ4v) is 7.53. The standard InChI is InChI=1S/C31H52N2/c1-3-5-7-9-25-10-14-26(15-11-25)27-18-20-28(21-19-27)30-22-32-31(33-23-30)29-16-12-24(13-17-29)8-6-4-2/h22-29H,3-21H2,1-2H3/t24-,25-,26-,27-,28-,29-. The molecule has 33 heavy (non-hydrogen) atoms. The molecule has 3 aliphatic rings. The normalized spacial score (nSPS) is 33.2. The molecule has 1 heterocycles. The molecule has 0 N–H and O–H groups in total. The molecule has 0 amide bonds. The quantitative estimate of drug-likeness (QED) is 0.330. The molecule has 1 aromatic heterocycles. The third-order valence-corrected chi connectivity index (χ3v) is 9.89. The van der Waals surface area contributed by atoms with E-state index in [-0.39, 0.29) is 0 Å². The van der Waals surface area contributed by atoms with E-state index in [0.717, 1.165) is 29.5 Å². The van der Waals surface area contributed by atoms with Crippen molar-refractivity contribution in [2.45, 2.75) is 148 Å². The second-order valence-corrected chi connectivity index (χ2v) is 12.1. The average Bonchev–Trinajstić information content (AvgIpc) is 2.89. The molecule has 1 aromatic rings. The van der Waals surface area contributed by atoms with Crippen molar-refractivity contribution in [2.75, 3.05) is 0 Å². The molecule has 0 saturated heterocycles. The van der Waals surface area contributed by atoms with Gasteiger partial charge in [-0.1, -0.05) is 71.6 Å². The SMILES string of the molecule is CCCCC[C@H]1CC[C@H]([C@H]2CC[C@H](c3cnc([C@H]4CC[C@H](CCCC)CC4)nc3)CC2)CC1. The van der Waals surface area contributed by atoms with Gasteiger partial charge in [-0.25, -0.2) is 9.97 Å². The van der Waals surface area contributed by atoms with E-state index in [1.54, 1.807) is 0 Å². The van der Waals surface area contributed by atoms with Gasteiger partial charge < -0.3 is 0 Å². The van der Waals surface area contributed by atoms with Crippen molar-refractivity contribution in [3.8, 4) is 0 Å². The van der Waals surface area contributed by atoms with Gasteiger partial charge in [0.15, 0.2) is 0 Å². The van der Waals surface area contributed by atoms with Crippen LogP contribution in [0.1, 0.15) is 159 Å². The molecule has 3 saturated carbocycles. The third-order valence-electron chi connectivity index (χ3n) is 9.89. The van der Waals surface area contributed by atoms with Crippen molar-refractivity contribution >= 4 is 0 Å².